The highest BCUT2D eigenvalue weighted by Crippen LogP contribution is 2.43. The Balaban J connectivity index is 2.26. The first-order valence-electron chi connectivity index (χ1n) is 8.88. The molecule has 0 aliphatic carbocycles. The van der Waals surface area contributed by atoms with Crippen molar-refractivity contribution in [2.45, 2.75) is 32.5 Å². The Labute approximate surface area is 164 Å². The molecule has 3 rings (SSSR count). The zero-order chi connectivity index (χ0) is 21.4. The van der Waals surface area contributed by atoms with Crippen molar-refractivity contribution in [3.63, 3.8) is 0 Å². The van der Waals surface area contributed by atoms with E-state index < -0.39 is 36.3 Å². The van der Waals surface area contributed by atoms with Gasteiger partial charge in [-0.1, -0.05) is 37.3 Å². The quantitative estimate of drug-likeness (QED) is 0.574. The normalized spacial score (nSPS) is 15.2. The molecule has 9 heteroatoms. The number of alkyl halides is 3. The Kier molecular flexibility index (Phi) is 5.72. The molecule has 0 saturated heterocycles. The van der Waals surface area contributed by atoms with E-state index in [0.717, 1.165) is 12.1 Å². The molecule has 3 aromatic rings. The molecule has 0 aliphatic heterocycles. The number of pyridine rings is 1. The van der Waals surface area contributed by atoms with Gasteiger partial charge in [0.1, 0.15) is 5.30 Å². The van der Waals surface area contributed by atoms with Gasteiger partial charge in [-0.15, -0.1) is 0 Å². The molecule has 0 fully saturated rings. The lowest BCUT2D eigenvalue weighted by Crippen LogP contribution is -2.29. The Hall–Kier alpha value is -2.41. The van der Waals surface area contributed by atoms with E-state index in [2.05, 4.69) is 4.98 Å². The molecule has 2 N–H and O–H groups in total. The minimum Gasteiger partial charge on any atom is -0.321 e. The number of fused-ring (bicyclic) bond motifs is 1. The van der Waals surface area contributed by atoms with E-state index in [1.54, 1.807) is 32.0 Å². The lowest BCUT2D eigenvalue weighted by Gasteiger charge is -2.18. The number of aromatic nitrogens is 1. The van der Waals surface area contributed by atoms with Gasteiger partial charge < -0.3 is 14.4 Å². The van der Waals surface area contributed by atoms with E-state index >= 15 is 0 Å². The van der Waals surface area contributed by atoms with E-state index in [1.165, 1.54) is 18.2 Å². The summed E-state index contributed by atoms with van der Waals surface area (Å²) in [4.78, 5) is 24.8. The van der Waals surface area contributed by atoms with Crippen molar-refractivity contribution in [1.29, 1.82) is 0 Å². The van der Waals surface area contributed by atoms with E-state index in [9.17, 15) is 27.4 Å². The zero-order valence-corrected chi connectivity index (χ0v) is 16.6. The number of hydrogen-bond acceptors (Lipinski definition) is 3. The summed E-state index contributed by atoms with van der Waals surface area (Å²) in [5, 5.41) is -0.322. The summed E-state index contributed by atoms with van der Waals surface area (Å²) >= 11 is 0. The molecule has 1 aromatic heterocycles. The van der Waals surface area contributed by atoms with Gasteiger partial charge in [0.15, 0.2) is 0 Å². The second kappa shape index (κ2) is 7.78. The van der Waals surface area contributed by atoms with E-state index in [-0.39, 0.29) is 16.5 Å². The van der Waals surface area contributed by atoms with Gasteiger partial charge in [-0.3, -0.25) is 9.36 Å². The van der Waals surface area contributed by atoms with Crippen molar-refractivity contribution in [2.24, 2.45) is 0 Å². The predicted octanol–water partition coefficient (Wildman–Crippen LogP) is 4.84. The summed E-state index contributed by atoms with van der Waals surface area (Å²) in [5.74, 6) is 0. The molecule has 0 amide bonds. The molecule has 0 aliphatic rings. The fraction of sp³-hybridized carbons (Fsp3) is 0.250. The van der Waals surface area contributed by atoms with Crippen LogP contribution in [-0.2, 0) is 15.3 Å². The van der Waals surface area contributed by atoms with Crippen molar-refractivity contribution in [3.05, 3.63) is 64.4 Å². The highest BCUT2D eigenvalue weighted by atomic mass is 31.2. The predicted molar refractivity (Wildman–Crippen MR) is 105 cm³/mol. The molecule has 0 radical (unpaired) electrons. The van der Waals surface area contributed by atoms with Crippen LogP contribution in [0.5, 0.6) is 0 Å². The maximum Gasteiger partial charge on any atom is 0.417 e. The minimum absolute atomic E-state index is 0.0886. The lowest BCUT2D eigenvalue weighted by atomic mass is 9.97. The molecule has 0 spiro atoms. The molecule has 2 aromatic carbocycles. The van der Waals surface area contributed by atoms with Crippen molar-refractivity contribution in [1.82, 2.24) is 4.98 Å². The van der Waals surface area contributed by atoms with Gasteiger partial charge in [-0.2, -0.15) is 13.2 Å². The van der Waals surface area contributed by atoms with Crippen molar-refractivity contribution >= 4 is 23.8 Å². The van der Waals surface area contributed by atoms with Crippen molar-refractivity contribution < 1.29 is 27.2 Å². The topological polar surface area (TPSA) is 79.4 Å². The third kappa shape index (κ3) is 4.45. The molecular formula is C20H19F3NO4P. The Morgan fingerprint density at radius 3 is 2.41 bits per heavy atom. The zero-order valence-electron chi connectivity index (χ0n) is 15.7. The highest BCUT2D eigenvalue weighted by molar-refractivity contribution is 7.61. The highest BCUT2D eigenvalue weighted by Gasteiger charge is 2.35. The fourth-order valence-electron chi connectivity index (χ4n) is 2.92. The van der Waals surface area contributed by atoms with Gasteiger partial charge in [0.05, 0.1) is 11.7 Å². The van der Waals surface area contributed by atoms with E-state index in [0.29, 0.717) is 12.0 Å². The number of hydrogen-bond donors (Lipinski definition) is 2. The SMILES string of the molecule is CCC(C)OP(=O)(O)c1cc2cc(-c3ccccc3)c(C(F)(F)F)cc2[nH]c1=O. The van der Waals surface area contributed by atoms with Gasteiger partial charge >= 0.3 is 13.8 Å². The average molecular weight is 425 g/mol. The van der Waals surface area contributed by atoms with Crippen LogP contribution in [0.3, 0.4) is 0 Å². The van der Waals surface area contributed by atoms with Crippen molar-refractivity contribution in [3.8, 4) is 11.1 Å². The van der Waals surface area contributed by atoms with Gasteiger partial charge in [0.2, 0.25) is 0 Å². The first kappa shape index (κ1) is 21.3. The third-order valence-corrected chi connectivity index (χ3v) is 6.14. The van der Waals surface area contributed by atoms with Crippen LogP contribution >= 0.6 is 7.60 Å². The Morgan fingerprint density at radius 2 is 1.83 bits per heavy atom. The molecule has 0 bridgehead atoms. The number of aromatic amines is 1. The standard InChI is InChI=1S/C20H19F3NO4P/c1-3-12(2)28-29(26,27)18-10-14-9-15(13-7-5-4-6-8-13)16(20(21,22)23)11-17(14)24-19(18)25/h4-12H,3H2,1-2H3,(H,24,25)(H,26,27). The second-order valence-corrected chi connectivity index (χ2v) is 8.41. The van der Waals surface area contributed by atoms with Crippen LogP contribution in [0, 0.1) is 0 Å². The lowest BCUT2D eigenvalue weighted by molar-refractivity contribution is -0.137. The van der Waals surface area contributed by atoms with Crippen LogP contribution < -0.4 is 10.9 Å². The van der Waals surface area contributed by atoms with Crippen molar-refractivity contribution in [2.75, 3.05) is 0 Å². The van der Waals surface area contributed by atoms with Crippen LogP contribution in [0.15, 0.2) is 53.3 Å². The number of nitrogens with one attached hydrogen (secondary N) is 1. The average Bonchev–Trinajstić information content (AvgIpc) is 2.66. The Bertz CT molecular complexity index is 1140. The smallest absolute Gasteiger partial charge is 0.321 e. The molecular weight excluding hydrogens is 406 g/mol. The first-order chi connectivity index (χ1) is 13.5. The maximum atomic E-state index is 13.6. The molecule has 2 unspecified atom stereocenters. The summed E-state index contributed by atoms with van der Waals surface area (Å²) < 4.78 is 58.5. The minimum atomic E-state index is -4.65. The van der Waals surface area contributed by atoms with E-state index in [1.807, 2.05) is 0 Å². The monoisotopic (exact) mass is 425 g/mol. The summed E-state index contributed by atoms with van der Waals surface area (Å²) in [6, 6.07) is 11.2. The molecule has 1 heterocycles. The van der Waals surface area contributed by atoms with Crippen LogP contribution in [-0.4, -0.2) is 16.0 Å². The third-order valence-electron chi connectivity index (χ3n) is 4.56. The van der Waals surface area contributed by atoms with Crippen LogP contribution in [0.25, 0.3) is 22.0 Å². The fourth-order valence-corrected chi connectivity index (χ4v) is 4.28. The summed E-state index contributed by atoms with van der Waals surface area (Å²) in [6.45, 7) is 3.33. The number of benzene rings is 2. The number of H-pyrrole nitrogens is 1. The van der Waals surface area contributed by atoms with Crippen LogP contribution in [0.4, 0.5) is 13.2 Å². The molecule has 29 heavy (non-hydrogen) atoms. The van der Waals surface area contributed by atoms with Crippen LogP contribution in [0.1, 0.15) is 25.8 Å². The first-order valence-corrected chi connectivity index (χ1v) is 10.5. The Morgan fingerprint density at radius 1 is 1.17 bits per heavy atom. The van der Waals surface area contributed by atoms with Gasteiger partial charge in [-0.05, 0) is 48.1 Å². The van der Waals surface area contributed by atoms with E-state index in [4.69, 9.17) is 4.52 Å². The number of rotatable bonds is 5. The summed E-state index contributed by atoms with van der Waals surface area (Å²) in [7, 11) is -4.46. The maximum absolute atomic E-state index is 13.6. The van der Waals surface area contributed by atoms with Gasteiger partial charge in [0, 0.05) is 5.52 Å². The molecule has 5 nitrogen and oxygen atoms in total. The molecule has 154 valence electrons. The molecule has 2 atom stereocenters. The van der Waals surface area contributed by atoms with Gasteiger partial charge in [0.25, 0.3) is 5.56 Å². The van der Waals surface area contributed by atoms with Gasteiger partial charge in [-0.25, -0.2) is 0 Å². The largest absolute Gasteiger partial charge is 0.417 e. The number of halogens is 3. The molecule has 0 saturated carbocycles. The summed E-state index contributed by atoms with van der Waals surface area (Å²) in [5.41, 5.74) is -1.74. The summed E-state index contributed by atoms with van der Waals surface area (Å²) in [6.07, 6.45) is -4.78. The van der Waals surface area contributed by atoms with Crippen LogP contribution in [0.2, 0.25) is 0 Å². The second-order valence-electron chi connectivity index (χ2n) is 6.68.